The molecule has 20 rings (SSSR count). The Morgan fingerprint density at radius 1 is 0.528 bits per heavy atom. The van der Waals surface area contributed by atoms with Crippen molar-refractivity contribution in [2.45, 2.75) is 217 Å². The van der Waals surface area contributed by atoms with Gasteiger partial charge in [-0.2, -0.15) is 4.98 Å². The molecule has 0 aromatic carbocycles. The Morgan fingerprint density at radius 3 is 1.26 bits per heavy atom. The van der Waals surface area contributed by atoms with Crippen LogP contribution in [0.4, 0.5) is 0 Å². The number of nitrogens with one attached hydrogen (secondary N) is 4. The number of thiazole rings is 1. The highest BCUT2D eigenvalue weighted by Gasteiger charge is 2.54. The van der Waals surface area contributed by atoms with Gasteiger partial charge < -0.3 is 30.3 Å². The third kappa shape index (κ3) is 11.0. The molecular formula is C59H86BrN9O2S. The average Bonchev–Trinajstić information content (AvgIpc) is 4.15. The second kappa shape index (κ2) is 19.9. The molecule has 16 fully saturated rings. The molecule has 0 unspecified atom stereocenters. The van der Waals surface area contributed by atoms with Crippen LogP contribution < -0.4 is 21.3 Å². The molecule has 17 aliphatic rings. The summed E-state index contributed by atoms with van der Waals surface area (Å²) in [6.07, 6.45) is 39.3. The van der Waals surface area contributed by atoms with Gasteiger partial charge in [-0.3, -0.25) is 4.99 Å². The van der Waals surface area contributed by atoms with Gasteiger partial charge in [-0.15, -0.1) is 11.3 Å². The van der Waals surface area contributed by atoms with Gasteiger partial charge in [0.15, 0.2) is 5.82 Å². The maximum atomic E-state index is 5.15. The molecule has 392 valence electrons. The number of aliphatic imine (C=N–C) groups is 1. The lowest BCUT2D eigenvalue weighted by atomic mass is 9.53. The standard InChI is InChI=1S/C15H21BrN2.C15H22N2O.C15H22N2S.C14H21N3O/c16-14-4-13(8-17-14)9-18-15-5-10-1-11(6-15)3-12(2-10)7-15;1-10-2-14(17-18-10)9-16-15-6-11-3-12(7-15)5-13(4-11)8-15;1-10-16-8-14(18-10)9-17-15-5-11-2-12(6-15)4-13(3-11)7-15;1-9-16-13(17-18-9)8-15-14-5-10-2-11(6-14)4-12(3-10)7-14/h4,10-12,18H,1-3,5-9H2;2,11-13,16H,3-9H2,1H3;8,11-13,17H,2-7,9H2,1H3;10-12,15H,2-8H2,1H3. The highest BCUT2D eigenvalue weighted by Crippen LogP contribution is 2.59. The fourth-order valence-corrected chi connectivity index (χ4v) is 21.6. The molecule has 0 amide bonds. The zero-order chi connectivity index (χ0) is 48.7. The molecule has 0 radical (unpaired) electrons. The highest BCUT2D eigenvalue weighted by molar-refractivity contribution is 9.18. The maximum absolute atomic E-state index is 5.15. The summed E-state index contributed by atoms with van der Waals surface area (Å²) in [5.41, 5.74) is 4.31. The lowest BCUT2D eigenvalue weighted by Gasteiger charge is -2.57. The monoisotopic (exact) mass is 1060 g/mol. The van der Waals surface area contributed by atoms with Crippen LogP contribution in [-0.4, -0.2) is 60.1 Å². The van der Waals surface area contributed by atoms with Crippen LogP contribution in [0.3, 0.4) is 0 Å². The van der Waals surface area contributed by atoms with E-state index < -0.39 is 0 Å². The lowest BCUT2D eigenvalue weighted by molar-refractivity contribution is -0.0210. The van der Waals surface area contributed by atoms with E-state index in [2.05, 4.69) is 75.5 Å². The van der Waals surface area contributed by atoms with E-state index in [1.54, 1.807) is 0 Å². The van der Waals surface area contributed by atoms with Gasteiger partial charge in [0, 0.05) is 65.9 Å². The topological polar surface area (TPSA) is 138 Å². The third-order valence-electron chi connectivity index (χ3n) is 21.4. The van der Waals surface area contributed by atoms with E-state index >= 15 is 0 Å². The Hall–Kier alpha value is -2.29. The Kier molecular flexibility index (Phi) is 13.6. The SMILES string of the molecule is BrC1=NCC(CNC23CC4CC(CC(C4)C2)C3)=C1.Cc1cc(CNC23CC4CC(CC(C4)C2)C3)no1.Cc1nc(CNC23CC4CC(CC(C4)C2)C3)no1.Cc1ncc(CNC23CC4CC(CC(C4)C2)C3)s1. The second-order valence-electron chi connectivity index (χ2n) is 27.7. The average molecular weight is 1070 g/mol. The fourth-order valence-electron chi connectivity index (χ4n) is 20.4. The summed E-state index contributed by atoms with van der Waals surface area (Å²) in [5, 5.41) is 24.7. The molecule has 16 aliphatic carbocycles. The Labute approximate surface area is 442 Å². The third-order valence-corrected chi connectivity index (χ3v) is 22.8. The van der Waals surface area contributed by atoms with Gasteiger partial charge in [0.1, 0.15) is 10.4 Å². The molecule has 3 aromatic heterocycles. The Balaban J connectivity index is 0.0000000933. The summed E-state index contributed by atoms with van der Waals surface area (Å²) in [6.45, 7) is 10.5. The predicted molar refractivity (Wildman–Crippen MR) is 289 cm³/mol. The van der Waals surface area contributed by atoms with Crippen LogP contribution in [0.1, 0.15) is 187 Å². The smallest absolute Gasteiger partial charge is 0.223 e. The van der Waals surface area contributed by atoms with Crippen molar-refractivity contribution in [1.82, 2.24) is 41.5 Å². The summed E-state index contributed by atoms with van der Waals surface area (Å²) in [4.78, 5) is 14.4. The van der Waals surface area contributed by atoms with Crippen LogP contribution in [0.25, 0.3) is 0 Å². The van der Waals surface area contributed by atoms with Gasteiger partial charge in [-0.1, -0.05) is 10.3 Å². The molecule has 0 saturated heterocycles. The molecule has 4 N–H and O–H groups in total. The zero-order valence-corrected chi connectivity index (χ0v) is 46.4. The number of nitrogens with zero attached hydrogens (tertiary/aromatic N) is 5. The molecule has 16 saturated carbocycles. The van der Waals surface area contributed by atoms with E-state index in [1.807, 2.05) is 37.4 Å². The van der Waals surface area contributed by atoms with Crippen LogP contribution in [0, 0.1) is 91.8 Å². The van der Waals surface area contributed by atoms with Gasteiger partial charge >= 0.3 is 0 Å². The van der Waals surface area contributed by atoms with Gasteiger partial charge in [-0.25, -0.2) is 4.98 Å². The summed E-state index contributed by atoms with van der Waals surface area (Å²) >= 11 is 5.30. The van der Waals surface area contributed by atoms with Crippen molar-refractivity contribution in [2.24, 2.45) is 76.0 Å². The zero-order valence-electron chi connectivity index (χ0n) is 44.0. The van der Waals surface area contributed by atoms with Gasteiger partial charge in [-0.05, 0) is 267 Å². The first-order chi connectivity index (χ1) is 34.8. The van der Waals surface area contributed by atoms with Gasteiger partial charge in [0.05, 0.1) is 23.8 Å². The minimum atomic E-state index is 0.392. The highest BCUT2D eigenvalue weighted by atomic mass is 79.9. The van der Waals surface area contributed by atoms with Crippen molar-refractivity contribution in [1.29, 1.82) is 0 Å². The summed E-state index contributed by atoms with van der Waals surface area (Å²) in [6, 6.07) is 2.05. The normalized spacial score (nSPS) is 42.4. The number of allylic oxidation sites excluding steroid dienone is 1. The van der Waals surface area contributed by atoms with Crippen molar-refractivity contribution in [3.8, 4) is 0 Å². The Morgan fingerprint density at radius 2 is 0.931 bits per heavy atom. The molecule has 4 heterocycles. The first kappa shape index (κ1) is 49.3. The van der Waals surface area contributed by atoms with Crippen molar-refractivity contribution in [3.05, 3.63) is 57.0 Å². The molecule has 72 heavy (non-hydrogen) atoms. The van der Waals surface area contributed by atoms with Crippen LogP contribution in [0.5, 0.6) is 0 Å². The fraction of sp³-hybridized carbons (Fsp3) is 0.814. The molecular weight excluding hydrogens is 979 g/mol. The predicted octanol–water partition coefficient (Wildman–Crippen LogP) is 12.3. The number of hydrogen-bond acceptors (Lipinski definition) is 12. The van der Waals surface area contributed by atoms with Gasteiger partial charge in [0.25, 0.3) is 0 Å². The molecule has 0 spiro atoms. The molecule has 0 atom stereocenters. The molecule has 13 heteroatoms. The number of aryl methyl sites for hydroxylation is 3. The summed E-state index contributed by atoms with van der Waals surface area (Å²) < 4.78 is 11.2. The Bertz CT molecular complexity index is 2110. The van der Waals surface area contributed by atoms with Crippen LogP contribution in [-0.2, 0) is 19.6 Å². The first-order valence-electron chi connectivity index (χ1n) is 29.4. The van der Waals surface area contributed by atoms with Crippen LogP contribution in [0.2, 0.25) is 0 Å². The number of halogens is 1. The van der Waals surface area contributed by atoms with E-state index in [0.29, 0.717) is 28.0 Å². The summed E-state index contributed by atoms with van der Waals surface area (Å²) in [5.74, 6) is 14.5. The lowest BCUT2D eigenvalue weighted by Crippen LogP contribution is -2.58. The maximum Gasteiger partial charge on any atom is 0.223 e. The minimum absolute atomic E-state index is 0.392. The van der Waals surface area contributed by atoms with Crippen molar-refractivity contribution < 1.29 is 9.05 Å². The van der Waals surface area contributed by atoms with Crippen molar-refractivity contribution in [2.75, 3.05) is 13.1 Å². The summed E-state index contributed by atoms with van der Waals surface area (Å²) in [7, 11) is 0. The van der Waals surface area contributed by atoms with Crippen LogP contribution in [0.15, 0.2) is 38.0 Å². The van der Waals surface area contributed by atoms with Crippen molar-refractivity contribution >= 4 is 31.9 Å². The number of rotatable bonds is 12. The first-order valence-corrected chi connectivity index (χ1v) is 31.0. The van der Waals surface area contributed by atoms with Crippen molar-refractivity contribution in [3.63, 3.8) is 0 Å². The number of hydrogen-bond donors (Lipinski definition) is 4. The van der Waals surface area contributed by atoms with Gasteiger partial charge in [0.2, 0.25) is 5.89 Å². The van der Waals surface area contributed by atoms with E-state index in [4.69, 9.17) is 9.05 Å². The van der Waals surface area contributed by atoms with E-state index in [9.17, 15) is 0 Å². The van der Waals surface area contributed by atoms with E-state index in [-0.39, 0.29) is 0 Å². The molecule has 3 aromatic rings. The van der Waals surface area contributed by atoms with E-state index in [1.165, 1.54) is 170 Å². The molecule has 16 bridgehead atoms. The van der Waals surface area contributed by atoms with E-state index in [0.717, 1.165) is 126 Å². The quantitative estimate of drug-likeness (QED) is 0.139. The second-order valence-corrected chi connectivity index (χ2v) is 29.8. The largest absolute Gasteiger partial charge is 0.361 e. The van der Waals surface area contributed by atoms with Crippen LogP contribution >= 0.6 is 27.3 Å². The molecule has 1 aliphatic heterocycles. The number of aromatic nitrogens is 4. The minimum Gasteiger partial charge on any atom is -0.361 e. The molecule has 11 nitrogen and oxygen atoms in total.